The molecule has 0 saturated carbocycles. The molecule has 0 aliphatic carbocycles. The number of benzene rings is 1. The summed E-state index contributed by atoms with van der Waals surface area (Å²) in [4.78, 5) is 0. The van der Waals surface area contributed by atoms with E-state index in [9.17, 15) is 0 Å². The summed E-state index contributed by atoms with van der Waals surface area (Å²) in [5, 5.41) is 4.25. The molecule has 1 unspecified atom stereocenters. The van der Waals surface area contributed by atoms with E-state index in [1.54, 1.807) is 7.11 Å². The minimum absolute atomic E-state index is 0.449. The Kier molecular flexibility index (Phi) is 4.25. The first-order valence-corrected chi connectivity index (χ1v) is 6.59. The Morgan fingerprint density at radius 1 is 1.56 bits per heavy atom. The lowest BCUT2D eigenvalue weighted by Crippen LogP contribution is -2.13. The van der Waals surface area contributed by atoms with E-state index in [0.717, 1.165) is 21.6 Å². The summed E-state index contributed by atoms with van der Waals surface area (Å²) in [6.07, 6.45) is 2.42. The van der Waals surface area contributed by atoms with Gasteiger partial charge in [0.25, 0.3) is 0 Å². The molecule has 88 valence electrons. The predicted molar refractivity (Wildman–Crippen MR) is 69.8 cm³/mol. The third kappa shape index (κ3) is 2.59. The van der Waals surface area contributed by atoms with E-state index in [2.05, 4.69) is 27.3 Å². The van der Waals surface area contributed by atoms with Gasteiger partial charge in [0.1, 0.15) is 0 Å². The van der Waals surface area contributed by atoms with E-state index in [0.29, 0.717) is 12.6 Å². The van der Waals surface area contributed by atoms with Gasteiger partial charge in [0.05, 0.1) is 6.61 Å². The Hall–Kier alpha value is -0.0900. The normalized spacial score (nSPS) is 20.3. The van der Waals surface area contributed by atoms with Gasteiger partial charge < -0.3 is 10.1 Å². The molecule has 0 bridgehead atoms. The smallest absolute Gasteiger partial charge is 0.0738 e. The second-order valence-electron chi connectivity index (χ2n) is 4.05. The Morgan fingerprint density at radius 3 is 2.94 bits per heavy atom. The minimum Gasteiger partial charge on any atom is -0.380 e. The second kappa shape index (κ2) is 5.50. The van der Waals surface area contributed by atoms with Crippen LogP contribution in [0.2, 0.25) is 5.02 Å². The summed E-state index contributed by atoms with van der Waals surface area (Å²) in [6.45, 7) is 1.64. The van der Waals surface area contributed by atoms with Crippen molar-refractivity contribution < 1.29 is 4.74 Å². The second-order valence-corrected chi connectivity index (χ2v) is 5.31. The van der Waals surface area contributed by atoms with Crippen LogP contribution in [0.5, 0.6) is 0 Å². The van der Waals surface area contributed by atoms with Crippen LogP contribution in [0.3, 0.4) is 0 Å². The SMILES string of the molecule is COCc1c(Cl)cc(C2CCCN2)cc1Br. The molecule has 1 atom stereocenters. The van der Waals surface area contributed by atoms with Gasteiger partial charge in [0, 0.05) is 28.2 Å². The monoisotopic (exact) mass is 303 g/mol. The predicted octanol–water partition coefficient (Wildman–Crippen LogP) is 3.67. The third-order valence-corrected chi connectivity index (χ3v) is 3.96. The highest BCUT2D eigenvalue weighted by Gasteiger charge is 2.18. The summed E-state index contributed by atoms with van der Waals surface area (Å²) >= 11 is 9.81. The van der Waals surface area contributed by atoms with Gasteiger partial charge in [-0.05, 0) is 37.1 Å². The van der Waals surface area contributed by atoms with Gasteiger partial charge in [-0.25, -0.2) is 0 Å². The quantitative estimate of drug-likeness (QED) is 0.920. The number of nitrogens with one attached hydrogen (secondary N) is 1. The van der Waals surface area contributed by atoms with E-state index >= 15 is 0 Å². The van der Waals surface area contributed by atoms with Gasteiger partial charge in [-0.15, -0.1) is 0 Å². The van der Waals surface area contributed by atoms with Crippen LogP contribution in [0.4, 0.5) is 0 Å². The lowest BCUT2D eigenvalue weighted by molar-refractivity contribution is 0.184. The van der Waals surface area contributed by atoms with Crippen molar-refractivity contribution in [2.45, 2.75) is 25.5 Å². The van der Waals surface area contributed by atoms with E-state index in [-0.39, 0.29) is 0 Å². The molecule has 0 spiro atoms. The Labute approximate surface area is 109 Å². The highest BCUT2D eigenvalue weighted by Crippen LogP contribution is 2.32. The fraction of sp³-hybridized carbons (Fsp3) is 0.500. The molecule has 1 saturated heterocycles. The van der Waals surface area contributed by atoms with Crippen LogP contribution in [0.15, 0.2) is 16.6 Å². The van der Waals surface area contributed by atoms with E-state index in [1.807, 2.05) is 6.07 Å². The molecule has 1 aliphatic rings. The first kappa shape index (κ1) is 12.4. The van der Waals surface area contributed by atoms with Crippen LogP contribution in [0, 0.1) is 0 Å². The zero-order valence-corrected chi connectivity index (χ0v) is 11.6. The number of hydrogen-bond acceptors (Lipinski definition) is 2. The molecule has 0 aromatic heterocycles. The average molecular weight is 305 g/mol. The molecule has 1 fully saturated rings. The Balaban J connectivity index is 2.28. The molecule has 0 radical (unpaired) electrons. The third-order valence-electron chi connectivity index (χ3n) is 2.91. The molecule has 1 N–H and O–H groups in total. The van der Waals surface area contributed by atoms with Gasteiger partial charge in [0.2, 0.25) is 0 Å². The standard InChI is InChI=1S/C12H15BrClNO/c1-16-7-9-10(13)5-8(6-11(9)14)12-3-2-4-15-12/h5-6,12,15H,2-4,7H2,1H3. The van der Waals surface area contributed by atoms with Crippen molar-refractivity contribution in [3.8, 4) is 0 Å². The van der Waals surface area contributed by atoms with Crippen molar-refractivity contribution in [3.05, 3.63) is 32.8 Å². The van der Waals surface area contributed by atoms with Crippen molar-refractivity contribution >= 4 is 27.5 Å². The molecule has 1 heterocycles. The lowest BCUT2D eigenvalue weighted by Gasteiger charge is -2.14. The van der Waals surface area contributed by atoms with E-state index in [1.165, 1.54) is 18.4 Å². The van der Waals surface area contributed by atoms with Crippen molar-refractivity contribution in [3.63, 3.8) is 0 Å². The van der Waals surface area contributed by atoms with Crippen LogP contribution < -0.4 is 5.32 Å². The molecular formula is C12H15BrClNO. The number of halogens is 2. The lowest BCUT2D eigenvalue weighted by atomic mass is 10.0. The molecular weight excluding hydrogens is 289 g/mol. The van der Waals surface area contributed by atoms with Crippen LogP contribution in [-0.2, 0) is 11.3 Å². The highest BCUT2D eigenvalue weighted by molar-refractivity contribution is 9.10. The molecule has 2 nitrogen and oxygen atoms in total. The average Bonchev–Trinajstić information content (AvgIpc) is 2.76. The van der Waals surface area contributed by atoms with Crippen molar-refractivity contribution in [2.75, 3.05) is 13.7 Å². The van der Waals surface area contributed by atoms with Crippen molar-refractivity contribution in [1.82, 2.24) is 5.32 Å². The minimum atomic E-state index is 0.449. The Bertz CT molecular complexity index is 354. The first-order valence-electron chi connectivity index (χ1n) is 5.42. The van der Waals surface area contributed by atoms with Crippen LogP contribution in [-0.4, -0.2) is 13.7 Å². The summed E-state index contributed by atoms with van der Waals surface area (Å²) in [5.74, 6) is 0. The molecule has 16 heavy (non-hydrogen) atoms. The number of methoxy groups -OCH3 is 1. The fourth-order valence-corrected chi connectivity index (χ4v) is 3.06. The summed E-state index contributed by atoms with van der Waals surface area (Å²) in [6, 6.07) is 4.64. The number of hydrogen-bond donors (Lipinski definition) is 1. The van der Waals surface area contributed by atoms with Gasteiger partial charge in [-0.1, -0.05) is 27.5 Å². The van der Waals surface area contributed by atoms with Crippen LogP contribution in [0.1, 0.15) is 30.0 Å². The zero-order valence-electron chi connectivity index (χ0n) is 9.22. The topological polar surface area (TPSA) is 21.3 Å². The van der Waals surface area contributed by atoms with Crippen molar-refractivity contribution in [2.24, 2.45) is 0 Å². The van der Waals surface area contributed by atoms with Gasteiger partial charge in [-0.3, -0.25) is 0 Å². The summed E-state index contributed by atoms with van der Waals surface area (Å²) in [7, 11) is 1.68. The maximum Gasteiger partial charge on any atom is 0.0738 e. The molecule has 1 aliphatic heterocycles. The Morgan fingerprint density at radius 2 is 2.38 bits per heavy atom. The first-order chi connectivity index (χ1) is 7.72. The van der Waals surface area contributed by atoms with E-state index in [4.69, 9.17) is 16.3 Å². The zero-order chi connectivity index (χ0) is 11.5. The van der Waals surface area contributed by atoms with Gasteiger partial charge >= 0.3 is 0 Å². The molecule has 2 rings (SSSR count). The number of ether oxygens (including phenoxy) is 1. The molecule has 1 aromatic carbocycles. The largest absolute Gasteiger partial charge is 0.380 e. The van der Waals surface area contributed by atoms with Crippen molar-refractivity contribution in [1.29, 1.82) is 0 Å². The maximum atomic E-state index is 6.25. The summed E-state index contributed by atoms with van der Waals surface area (Å²) in [5.41, 5.74) is 2.28. The fourth-order valence-electron chi connectivity index (χ4n) is 2.08. The maximum absolute atomic E-state index is 6.25. The summed E-state index contributed by atoms with van der Waals surface area (Å²) < 4.78 is 6.16. The van der Waals surface area contributed by atoms with Crippen LogP contribution in [0.25, 0.3) is 0 Å². The number of rotatable bonds is 3. The highest BCUT2D eigenvalue weighted by atomic mass is 79.9. The van der Waals surface area contributed by atoms with Gasteiger partial charge in [-0.2, -0.15) is 0 Å². The van der Waals surface area contributed by atoms with Crippen LogP contribution >= 0.6 is 27.5 Å². The van der Waals surface area contributed by atoms with Gasteiger partial charge in [0.15, 0.2) is 0 Å². The molecule has 4 heteroatoms. The molecule has 0 amide bonds. The van der Waals surface area contributed by atoms with E-state index < -0.39 is 0 Å². The molecule has 1 aromatic rings.